The third kappa shape index (κ3) is 4.25. The fourth-order valence-corrected chi connectivity index (χ4v) is 6.71. The fraction of sp³-hybridized carbons (Fsp3) is 0.216. The highest BCUT2D eigenvalue weighted by Crippen LogP contribution is 2.43. The van der Waals surface area contributed by atoms with Crippen LogP contribution in [0.4, 0.5) is 0 Å². The van der Waals surface area contributed by atoms with Gasteiger partial charge in [0.25, 0.3) is 0 Å². The molecule has 2 aromatic heterocycles. The van der Waals surface area contributed by atoms with E-state index in [4.69, 9.17) is 4.42 Å². The molecule has 2 heteroatoms. The first-order chi connectivity index (χ1) is 19.2. The highest BCUT2D eigenvalue weighted by atomic mass is 16.3. The number of aromatic nitrogens is 1. The van der Waals surface area contributed by atoms with Crippen LogP contribution in [0.1, 0.15) is 54.2 Å². The molecule has 1 fully saturated rings. The molecule has 6 aromatic rings. The summed E-state index contributed by atoms with van der Waals surface area (Å²) in [6, 6.07) is 37.6. The molecule has 192 valence electrons. The Labute approximate surface area is 230 Å². The quantitative estimate of drug-likeness (QED) is 0.217. The van der Waals surface area contributed by atoms with Gasteiger partial charge in [0, 0.05) is 28.5 Å². The van der Waals surface area contributed by atoms with Gasteiger partial charge in [0.2, 0.25) is 5.69 Å². The van der Waals surface area contributed by atoms with Crippen molar-refractivity contribution < 1.29 is 8.98 Å². The number of benzene rings is 4. The van der Waals surface area contributed by atoms with Gasteiger partial charge < -0.3 is 4.42 Å². The Balaban J connectivity index is 1.22. The van der Waals surface area contributed by atoms with E-state index in [-0.39, 0.29) is 0 Å². The summed E-state index contributed by atoms with van der Waals surface area (Å²) in [5.74, 6) is 1.36. The number of pyridine rings is 1. The van der Waals surface area contributed by atoms with Gasteiger partial charge in [-0.25, -0.2) is 4.57 Å². The molecule has 0 amide bonds. The Morgan fingerprint density at radius 2 is 1.28 bits per heavy atom. The number of rotatable bonds is 4. The summed E-state index contributed by atoms with van der Waals surface area (Å²) < 4.78 is 8.92. The van der Waals surface area contributed by atoms with Crippen LogP contribution in [0.15, 0.2) is 114 Å². The van der Waals surface area contributed by atoms with Gasteiger partial charge in [-0.15, -0.1) is 0 Å². The molecular formula is C37H34NO+. The van der Waals surface area contributed by atoms with Gasteiger partial charge in [0.05, 0.1) is 5.56 Å². The summed E-state index contributed by atoms with van der Waals surface area (Å²) in [6.45, 7) is 2.17. The Kier molecular flexibility index (Phi) is 6.04. The topological polar surface area (TPSA) is 17.0 Å². The maximum Gasteiger partial charge on any atom is 0.216 e. The molecule has 7 rings (SSSR count). The minimum atomic E-state index is 0.651. The predicted molar refractivity (Wildman–Crippen MR) is 161 cm³/mol. The van der Waals surface area contributed by atoms with E-state index in [0.717, 1.165) is 22.4 Å². The van der Waals surface area contributed by atoms with Crippen molar-refractivity contribution in [3.63, 3.8) is 0 Å². The van der Waals surface area contributed by atoms with E-state index in [2.05, 4.69) is 128 Å². The number of nitrogens with zero attached hydrogens (tertiary/aromatic N) is 1. The van der Waals surface area contributed by atoms with Crippen molar-refractivity contribution in [3.8, 4) is 22.4 Å². The average Bonchev–Trinajstić information content (AvgIpc) is 3.37. The lowest BCUT2D eigenvalue weighted by atomic mass is 9.76. The van der Waals surface area contributed by atoms with Crippen molar-refractivity contribution in [1.82, 2.24) is 0 Å². The fourth-order valence-electron chi connectivity index (χ4n) is 6.71. The van der Waals surface area contributed by atoms with Crippen LogP contribution in [0.2, 0.25) is 0 Å². The van der Waals surface area contributed by atoms with Crippen LogP contribution in [0, 0.1) is 6.92 Å². The summed E-state index contributed by atoms with van der Waals surface area (Å²) in [7, 11) is 2.09. The average molecular weight is 509 g/mol. The van der Waals surface area contributed by atoms with Gasteiger partial charge in [0.15, 0.2) is 6.20 Å². The van der Waals surface area contributed by atoms with Crippen molar-refractivity contribution >= 4 is 21.9 Å². The van der Waals surface area contributed by atoms with Gasteiger partial charge in [-0.05, 0) is 72.8 Å². The van der Waals surface area contributed by atoms with E-state index in [9.17, 15) is 0 Å². The lowest BCUT2D eigenvalue weighted by Crippen LogP contribution is -2.30. The summed E-state index contributed by atoms with van der Waals surface area (Å²) in [6.07, 6.45) is 7.16. The van der Waals surface area contributed by atoms with Gasteiger partial charge in [-0.1, -0.05) is 84.9 Å². The molecule has 4 aromatic carbocycles. The summed E-state index contributed by atoms with van der Waals surface area (Å²) in [5, 5.41) is 2.34. The van der Waals surface area contributed by atoms with Crippen LogP contribution in [-0.4, -0.2) is 0 Å². The van der Waals surface area contributed by atoms with Crippen molar-refractivity contribution in [2.75, 3.05) is 0 Å². The Hall–Kier alpha value is -4.17. The first-order valence-electron chi connectivity index (χ1n) is 14.2. The van der Waals surface area contributed by atoms with Crippen molar-refractivity contribution in [1.29, 1.82) is 0 Å². The largest absolute Gasteiger partial charge is 0.454 e. The Morgan fingerprint density at radius 1 is 0.615 bits per heavy atom. The van der Waals surface area contributed by atoms with Crippen LogP contribution >= 0.6 is 0 Å². The Bertz CT molecular complexity index is 1770. The minimum absolute atomic E-state index is 0.651. The molecule has 0 unspecified atom stereocenters. The zero-order valence-corrected chi connectivity index (χ0v) is 22.7. The van der Waals surface area contributed by atoms with Gasteiger partial charge in [-0.2, -0.15) is 0 Å². The zero-order chi connectivity index (χ0) is 26.3. The maximum atomic E-state index is 6.75. The SMILES string of the molecule is Cc1ccc2c(oc3c(-c4ccc(C5CCC(c6ccccc6)CC5)cc4)cccc32)c1-c1cccc[n+]1C. The predicted octanol–water partition coefficient (Wildman–Crippen LogP) is 9.49. The number of para-hydroxylation sites is 1. The first kappa shape index (κ1) is 23.9. The normalized spacial score (nSPS) is 17.6. The van der Waals surface area contributed by atoms with E-state index in [0.29, 0.717) is 11.8 Å². The lowest BCUT2D eigenvalue weighted by Gasteiger charge is -2.29. The highest BCUT2D eigenvalue weighted by Gasteiger charge is 2.24. The molecule has 0 atom stereocenters. The summed E-state index contributed by atoms with van der Waals surface area (Å²) in [4.78, 5) is 0. The number of furan rings is 1. The second-order valence-corrected chi connectivity index (χ2v) is 11.2. The minimum Gasteiger partial charge on any atom is -0.454 e. The highest BCUT2D eigenvalue weighted by molar-refractivity contribution is 6.13. The van der Waals surface area contributed by atoms with E-state index in [1.807, 2.05) is 0 Å². The van der Waals surface area contributed by atoms with Crippen LogP contribution in [0.5, 0.6) is 0 Å². The van der Waals surface area contributed by atoms with Crippen molar-refractivity contribution in [2.24, 2.45) is 7.05 Å². The number of hydrogen-bond acceptors (Lipinski definition) is 1. The van der Waals surface area contributed by atoms with Crippen LogP contribution in [0.25, 0.3) is 44.3 Å². The van der Waals surface area contributed by atoms with Crippen LogP contribution in [0.3, 0.4) is 0 Å². The first-order valence-corrected chi connectivity index (χ1v) is 14.2. The smallest absolute Gasteiger partial charge is 0.216 e. The number of hydrogen-bond donors (Lipinski definition) is 0. The standard InChI is InChI=1S/C37H34NO/c1-25-14-23-33-32-12-8-11-31(36(32)39-37(33)35(25)34-13-6-7-24-38(34)2)30-21-19-29(20-22-30)28-17-15-27(16-18-28)26-9-4-3-5-10-26/h3-14,19-24,27-28H,15-18H2,1-2H3/q+1. The van der Waals surface area contributed by atoms with Crippen molar-refractivity contribution in [2.45, 2.75) is 44.4 Å². The van der Waals surface area contributed by atoms with E-state index in [1.54, 1.807) is 0 Å². The monoisotopic (exact) mass is 508 g/mol. The third-order valence-electron chi connectivity index (χ3n) is 8.88. The molecule has 0 saturated heterocycles. The summed E-state index contributed by atoms with van der Waals surface area (Å²) in [5.41, 5.74) is 10.8. The van der Waals surface area contributed by atoms with E-state index >= 15 is 0 Å². The second kappa shape index (κ2) is 9.85. The molecule has 2 nitrogen and oxygen atoms in total. The maximum absolute atomic E-state index is 6.75. The Morgan fingerprint density at radius 3 is 2.00 bits per heavy atom. The van der Waals surface area contributed by atoms with Crippen LogP contribution < -0.4 is 4.57 Å². The molecule has 1 aliphatic carbocycles. The zero-order valence-electron chi connectivity index (χ0n) is 22.7. The van der Waals surface area contributed by atoms with Gasteiger partial charge >= 0.3 is 0 Å². The van der Waals surface area contributed by atoms with Gasteiger partial charge in [-0.3, -0.25) is 0 Å². The molecule has 0 spiro atoms. The molecule has 0 N–H and O–H groups in total. The molecule has 0 bridgehead atoms. The third-order valence-corrected chi connectivity index (χ3v) is 8.88. The second-order valence-electron chi connectivity index (χ2n) is 11.2. The molecule has 0 aliphatic heterocycles. The molecule has 1 aliphatic rings. The lowest BCUT2D eigenvalue weighted by molar-refractivity contribution is -0.660. The number of aryl methyl sites for hydroxylation is 2. The number of fused-ring (bicyclic) bond motifs is 3. The van der Waals surface area contributed by atoms with E-state index in [1.165, 1.54) is 64.3 Å². The molecular weight excluding hydrogens is 474 g/mol. The summed E-state index contributed by atoms with van der Waals surface area (Å²) >= 11 is 0. The van der Waals surface area contributed by atoms with Crippen molar-refractivity contribution in [3.05, 3.63) is 126 Å². The van der Waals surface area contributed by atoms with Crippen LogP contribution in [-0.2, 0) is 7.05 Å². The van der Waals surface area contributed by atoms with E-state index < -0.39 is 0 Å². The molecule has 2 heterocycles. The molecule has 39 heavy (non-hydrogen) atoms. The molecule has 0 radical (unpaired) electrons. The van der Waals surface area contributed by atoms with Gasteiger partial charge in [0.1, 0.15) is 18.2 Å². The molecule has 1 saturated carbocycles.